The van der Waals surface area contributed by atoms with E-state index in [-0.39, 0.29) is 6.10 Å². The van der Waals surface area contributed by atoms with Gasteiger partial charge in [0.2, 0.25) is 0 Å². The predicted octanol–water partition coefficient (Wildman–Crippen LogP) is 5.37. The first-order chi connectivity index (χ1) is 13.2. The molecule has 0 unspecified atom stereocenters. The summed E-state index contributed by atoms with van der Waals surface area (Å²) in [6.07, 6.45) is 0.978. The van der Waals surface area contributed by atoms with Gasteiger partial charge in [-0.15, -0.1) is 0 Å². The number of carbonyl (C=O) groups excluding carboxylic acids is 1. The van der Waals surface area contributed by atoms with Crippen molar-refractivity contribution in [2.45, 2.75) is 77.3 Å². The molecule has 0 amide bonds. The average Bonchev–Trinajstić information content (AvgIpc) is 2.65. The van der Waals surface area contributed by atoms with E-state index in [1.165, 1.54) is 0 Å². The zero-order valence-electron chi connectivity index (χ0n) is 18.8. The molecular formula is C22H38O5Si. The van der Waals surface area contributed by atoms with E-state index in [1.54, 1.807) is 14.2 Å². The third kappa shape index (κ3) is 6.06. The first kappa shape index (κ1) is 24.7. The Hall–Kier alpha value is -1.37. The van der Waals surface area contributed by atoms with Gasteiger partial charge in [0.1, 0.15) is 6.29 Å². The van der Waals surface area contributed by atoms with Crippen LogP contribution in [0.3, 0.4) is 0 Å². The standard InChI is InChI=1S/C22H38O5Si/c1-16(2)28(17(3)4,18(5)6)27-15-20(11-12-23)26-14-19-9-10-21(24-7)22(13-19)25-8/h9-10,12-13,16-18,20H,11,14-15H2,1-8H3/t20-/m1/s1. The van der Waals surface area contributed by atoms with Crippen molar-refractivity contribution >= 4 is 14.6 Å². The molecule has 0 heterocycles. The molecule has 5 nitrogen and oxygen atoms in total. The lowest BCUT2D eigenvalue weighted by Gasteiger charge is -2.42. The average molecular weight is 411 g/mol. The van der Waals surface area contributed by atoms with Gasteiger partial charge in [-0.25, -0.2) is 0 Å². The molecule has 0 aliphatic rings. The van der Waals surface area contributed by atoms with Crippen LogP contribution in [0.1, 0.15) is 53.5 Å². The lowest BCUT2D eigenvalue weighted by Crippen LogP contribution is -2.49. The number of rotatable bonds is 13. The van der Waals surface area contributed by atoms with Crippen molar-refractivity contribution in [3.05, 3.63) is 23.8 Å². The summed E-state index contributed by atoms with van der Waals surface area (Å²) >= 11 is 0. The summed E-state index contributed by atoms with van der Waals surface area (Å²) in [6, 6.07) is 5.69. The Morgan fingerprint density at radius 3 is 1.96 bits per heavy atom. The van der Waals surface area contributed by atoms with Crippen molar-refractivity contribution in [1.82, 2.24) is 0 Å². The molecule has 0 aliphatic carbocycles. The van der Waals surface area contributed by atoms with E-state index in [2.05, 4.69) is 41.5 Å². The molecule has 0 radical (unpaired) electrons. The quantitative estimate of drug-likeness (QED) is 0.323. The number of carbonyl (C=O) groups is 1. The predicted molar refractivity (Wildman–Crippen MR) is 116 cm³/mol. The van der Waals surface area contributed by atoms with E-state index in [4.69, 9.17) is 18.6 Å². The summed E-state index contributed by atoms with van der Waals surface area (Å²) < 4.78 is 23.3. The molecule has 1 aromatic carbocycles. The van der Waals surface area contributed by atoms with E-state index in [9.17, 15) is 4.79 Å². The Bertz CT molecular complexity index is 579. The van der Waals surface area contributed by atoms with Crippen LogP contribution in [-0.2, 0) is 20.6 Å². The first-order valence-electron chi connectivity index (χ1n) is 10.1. The summed E-state index contributed by atoms with van der Waals surface area (Å²) in [5.74, 6) is 1.35. The molecule has 0 aromatic heterocycles. The SMILES string of the molecule is COc1ccc(CO[C@H](CC=O)CO[Si](C(C)C)(C(C)C)C(C)C)cc1OC. The molecule has 1 rings (SSSR count). The van der Waals surface area contributed by atoms with Crippen LogP contribution >= 0.6 is 0 Å². The minimum atomic E-state index is -1.99. The Kier molecular flexibility index (Phi) is 10.2. The second-order valence-corrected chi connectivity index (χ2v) is 13.6. The van der Waals surface area contributed by atoms with Gasteiger partial charge in [-0.1, -0.05) is 47.6 Å². The third-order valence-electron chi connectivity index (χ3n) is 5.52. The van der Waals surface area contributed by atoms with Crippen molar-refractivity contribution in [3.63, 3.8) is 0 Å². The molecule has 160 valence electrons. The zero-order chi connectivity index (χ0) is 21.3. The van der Waals surface area contributed by atoms with Crippen LogP contribution in [0, 0.1) is 0 Å². The van der Waals surface area contributed by atoms with Crippen LogP contribution in [0.4, 0.5) is 0 Å². The molecule has 0 spiro atoms. The van der Waals surface area contributed by atoms with E-state index in [0.717, 1.165) is 11.8 Å². The summed E-state index contributed by atoms with van der Waals surface area (Å²) in [5.41, 5.74) is 2.45. The van der Waals surface area contributed by atoms with Crippen LogP contribution in [0.2, 0.25) is 16.6 Å². The molecule has 0 N–H and O–H groups in total. The summed E-state index contributed by atoms with van der Waals surface area (Å²) in [5, 5.41) is 0. The Morgan fingerprint density at radius 2 is 1.50 bits per heavy atom. The minimum Gasteiger partial charge on any atom is -0.493 e. The molecule has 28 heavy (non-hydrogen) atoms. The fourth-order valence-corrected chi connectivity index (χ4v) is 9.69. The van der Waals surface area contributed by atoms with Crippen molar-refractivity contribution in [1.29, 1.82) is 0 Å². The molecule has 0 saturated carbocycles. The minimum absolute atomic E-state index is 0.256. The number of benzene rings is 1. The van der Waals surface area contributed by atoms with Crippen LogP contribution in [0.5, 0.6) is 11.5 Å². The van der Waals surface area contributed by atoms with Crippen LogP contribution < -0.4 is 9.47 Å². The second-order valence-electron chi connectivity index (χ2n) is 8.15. The Labute approximate surface area is 171 Å². The van der Waals surface area contributed by atoms with Crippen LogP contribution in [0.25, 0.3) is 0 Å². The van der Waals surface area contributed by atoms with E-state index in [1.807, 2.05) is 18.2 Å². The monoisotopic (exact) mass is 410 g/mol. The highest BCUT2D eigenvalue weighted by atomic mass is 28.4. The zero-order valence-corrected chi connectivity index (χ0v) is 19.8. The maximum Gasteiger partial charge on any atom is 0.200 e. The van der Waals surface area contributed by atoms with Crippen molar-refractivity contribution in [2.24, 2.45) is 0 Å². The lowest BCUT2D eigenvalue weighted by molar-refractivity contribution is -0.111. The molecular weight excluding hydrogens is 372 g/mol. The third-order valence-corrected chi connectivity index (χ3v) is 11.6. The van der Waals surface area contributed by atoms with E-state index in [0.29, 0.717) is 47.8 Å². The molecule has 0 aliphatic heterocycles. The Morgan fingerprint density at radius 1 is 0.929 bits per heavy atom. The van der Waals surface area contributed by atoms with Crippen molar-refractivity contribution in [3.8, 4) is 11.5 Å². The largest absolute Gasteiger partial charge is 0.493 e. The topological polar surface area (TPSA) is 54.0 Å². The highest BCUT2D eigenvalue weighted by Gasteiger charge is 2.45. The number of hydrogen-bond acceptors (Lipinski definition) is 5. The van der Waals surface area contributed by atoms with Crippen molar-refractivity contribution in [2.75, 3.05) is 20.8 Å². The van der Waals surface area contributed by atoms with E-state index >= 15 is 0 Å². The lowest BCUT2D eigenvalue weighted by atomic mass is 10.2. The van der Waals surface area contributed by atoms with Gasteiger partial charge in [0.15, 0.2) is 19.8 Å². The summed E-state index contributed by atoms with van der Waals surface area (Å²) in [4.78, 5) is 11.2. The maximum atomic E-state index is 11.2. The number of ether oxygens (including phenoxy) is 3. The molecule has 1 aromatic rings. The fraction of sp³-hybridized carbons (Fsp3) is 0.682. The van der Waals surface area contributed by atoms with Crippen LogP contribution in [-0.4, -0.2) is 41.5 Å². The van der Waals surface area contributed by atoms with Gasteiger partial charge < -0.3 is 23.4 Å². The fourth-order valence-electron chi connectivity index (χ4n) is 4.21. The van der Waals surface area contributed by atoms with E-state index < -0.39 is 8.32 Å². The van der Waals surface area contributed by atoms with Crippen molar-refractivity contribution < 1.29 is 23.4 Å². The summed E-state index contributed by atoms with van der Waals surface area (Å²) in [6.45, 7) is 14.4. The van der Waals surface area contributed by atoms with Gasteiger partial charge in [0, 0.05) is 6.42 Å². The van der Waals surface area contributed by atoms with Crippen LogP contribution in [0.15, 0.2) is 18.2 Å². The number of methoxy groups -OCH3 is 2. The van der Waals surface area contributed by atoms with Gasteiger partial charge in [0.25, 0.3) is 0 Å². The highest BCUT2D eigenvalue weighted by molar-refractivity contribution is 6.77. The van der Waals surface area contributed by atoms with Gasteiger partial charge in [-0.05, 0) is 34.3 Å². The smallest absolute Gasteiger partial charge is 0.200 e. The molecule has 0 bridgehead atoms. The number of aldehydes is 1. The van der Waals surface area contributed by atoms with Gasteiger partial charge >= 0.3 is 0 Å². The summed E-state index contributed by atoms with van der Waals surface area (Å²) in [7, 11) is 1.23. The molecule has 6 heteroatoms. The Balaban J connectivity index is 2.84. The molecule has 0 saturated heterocycles. The maximum absolute atomic E-state index is 11.2. The highest BCUT2D eigenvalue weighted by Crippen LogP contribution is 2.42. The number of hydrogen-bond donors (Lipinski definition) is 0. The van der Waals surface area contributed by atoms with Gasteiger partial charge in [-0.3, -0.25) is 0 Å². The second kappa shape index (κ2) is 11.6. The normalized spacial score (nSPS) is 13.2. The first-order valence-corrected chi connectivity index (χ1v) is 12.3. The molecule has 0 fully saturated rings. The van der Waals surface area contributed by atoms with Gasteiger partial charge in [-0.2, -0.15) is 0 Å². The van der Waals surface area contributed by atoms with Gasteiger partial charge in [0.05, 0.1) is 33.5 Å². The molecule has 1 atom stereocenters.